The number of rotatable bonds is 4. The maximum absolute atomic E-state index is 12.3. The van der Waals surface area contributed by atoms with Crippen LogP contribution in [-0.2, 0) is 4.79 Å². The van der Waals surface area contributed by atoms with Crippen LogP contribution in [0, 0.1) is 0 Å². The minimum Gasteiger partial charge on any atom is -0.394 e. The second-order valence-corrected chi connectivity index (χ2v) is 6.72. The minimum atomic E-state index is -0.361. The number of halogens is 1. The van der Waals surface area contributed by atoms with Gasteiger partial charge in [-0.25, -0.2) is 4.98 Å². The Labute approximate surface area is 166 Å². The highest BCUT2D eigenvalue weighted by Gasteiger charge is 2.08. The second kappa shape index (κ2) is 7.58. The zero-order valence-electron chi connectivity index (χ0n) is 14.8. The molecule has 1 amide bonds. The zero-order valence-corrected chi connectivity index (χ0v) is 15.6. The van der Waals surface area contributed by atoms with Gasteiger partial charge in [0.05, 0.1) is 5.70 Å². The number of carbonyl (C=O) groups is 1. The predicted octanol–water partition coefficient (Wildman–Crippen LogP) is 4.82. The van der Waals surface area contributed by atoms with Gasteiger partial charge in [0.1, 0.15) is 5.65 Å². The number of hydrogen-bond donors (Lipinski definition) is 3. The number of fused-ring (bicyclic) bond motifs is 1. The summed E-state index contributed by atoms with van der Waals surface area (Å²) in [5.41, 5.74) is 10.5. The van der Waals surface area contributed by atoms with Crippen LogP contribution in [0.2, 0.25) is 5.02 Å². The third kappa shape index (κ3) is 3.75. The van der Waals surface area contributed by atoms with Crippen LogP contribution in [0.25, 0.3) is 28.2 Å². The first-order valence-electron chi connectivity index (χ1n) is 8.67. The van der Waals surface area contributed by atoms with Crippen molar-refractivity contribution in [2.75, 3.05) is 5.32 Å². The van der Waals surface area contributed by atoms with Crippen molar-refractivity contribution in [2.24, 2.45) is 5.73 Å². The number of pyridine rings is 1. The molecule has 0 aliphatic heterocycles. The molecule has 4 N–H and O–H groups in total. The molecule has 6 heteroatoms. The van der Waals surface area contributed by atoms with Gasteiger partial charge in [-0.3, -0.25) is 4.79 Å². The van der Waals surface area contributed by atoms with Crippen LogP contribution in [0.1, 0.15) is 5.56 Å². The van der Waals surface area contributed by atoms with Crippen molar-refractivity contribution in [1.82, 2.24) is 9.97 Å². The molecule has 2 aromatic carbocycles. The molecule has 4 aromatic rings. The molecule has 0 aliphatic rings. The lowest BCUT2D eigenvalue weighted by molar-refractivity contribution is -0.112. The summed E-state index contributed by atoms with van der Waals surface area (Å²) in [6.45, 7) is 0. The predicted molar refractivity (Wildman–Crippen MR) is 114 cm³/mol. The fraction of sp³-hybridized carbons (Fsp3) is 0. The number of nitrogens with one attached hydrogen (secondary N) is 2. The average Bonchev–Trinajstić information content (AvgIpc) is 3.19. The molecular formula is C22H17ClN4O. The Bertz CT molecular complexity index is 1160. The number of H-pyrrole nitrogens is 1. The van der Waals surface area contributed by atoms with E-state index in [1.54, 1.807) is 36.5 Å². The van der Waals surface area contributed by atoms with Crippen LogP contribution in [0.5, 0.6) is 0 Å². The van der Waals surface area contributed by atoms with Crippen LogP contribution in [0.3, 0.4) is 0 Å². The van der Waals surface area contributed by atoms with E-state index in [1.807, 2.05) is 42.6 Å². The Hall–Kier alpha value is -3.57. The number of benzene rings is 2. The Kier molecular flexibility index (Phi) is 4.83. The minimum absolute atomic E-state index is 0.120. The molecule has 0 radical (unpaired) electrons. The van der Waals surface area contributed by atoms with E-state index in [4.69, 9.17) is 17.3 Å². The Morgan fingerprint density at radius 1 is 1.04 bits per heavy atom. The van der Waals surface area contributed by atoms with Gasteiger partial charge in [0.25, 0.3) is 5.91 Å². The van der Waals surface area contributed by atoms with Gasteiger partial charge < -0.3 is 16.0 Å². The van der Waals surface area contributed by atoms with Gasteiger partial charge in [-0.1, -0.05) is 35.9 Å². The first-order valence-corrected chi connectivity index (χ1v) is 9.04. The van der Waals surface area contributed by atoms with Crippen LogP contribution in [0.15, 0.2) is 78.8 Å². The van der Waals surface area contributed by atoms with Crippen molar-refractivity contribution >= 4 is 40.3 Å². The summed E-state index contributed by atoms with van der Waals surface area (Å²) in [7, 11) is 0. The second-order valence-electron chi connectivity index (χ2n) is 6.28. The normalized spacial score (nSPS) is 11.5. The number of hydrogen-bond acceptors (Lipinski definition) is 3. The van der Waals surface area contributed by atoms with Crippen LogP contribution in [-0.4, -0.2) is 15.9 Å². The lowest BCUT2D eigenvalue weighted by Crippen LogP contribution is -2.19. The van der Waals surface area contributed by atoms with Crippen molar-refractivity contribution in [3.8, 4) is 11.1 Å². The van der Waals surface area contributed by atoms with E-state index >= 15 is 0 Å². The molecule has 2 heterocycles. The molecule has 2 aromatic heterocycles. The summed E-state index contributed by atoms with van der Waals surface area (Å²) in [5, 5.41) is 4.49. The summed E-state index contributed by atoms with van der Waals surface area (Å²) in [6, 6.07) is 18.7. The number of nitrogens with zero attached hydrogens (tertiary/aromatic N) is 1. The third-order valence-electron chi connectivity index (χ3n) is 4.37. The topological polar surface area (TPSA) is 83.8 Å². The smallest absolute Gasteiger partial charge is 0.271 e. The average molecular weight is 389 g/mol. The fourth-order valence-electron chi connectivity index (χ4n) is 2.95. The zero-order chi connectivity index (χ0) is 19.5. The Balaban J connectivity index is 1.50. The first kappa shape index (κ1) is 17.8. The van der Waals surface area contributed by atoms with E-state index in [1.165, 1.54) is 0 Å². The van der Waals surface area contributed by atoms with Gasteiger partial charge in [0, 0.05) is 28.5 Å². The molecule has 0 bridgehead atoms. The molecule has 28 heavy (non-hydrogen) atoms. The highest BCUT2D eigenvalue weighted by molar-refractivity contribution is 6.30. The molecule has 0 saturated heterocycles. The third-order valence-corrected chi connectivity index (χ3v) is 4.62. The van der Waals surface area contributed by atoms with Crippen molar-refractivity contribution in [3.63, 3.8) is 0 Å². The summed E-state index contributed by atoms with van der Waals surface area (Å²) in [5.74, 6) is -0.361. The standard InChI is InChI=1S/C22H17ClN4O/c23-16-5-1-14(2-6-16)13-20(24)22(28)27-17-7-3-15(4-8-17)18-9-11-25-21-19(18)10-12-26-21/h1-13H,24H2,(H,25,26)(H,27,28). The van der Waals surface area contributed by atoms with Gasteiger partial charge in [-0.05, 0) is 59.2 Å². The Morgan fingerprint density at radius 3 is 2.54 bits per heavy atom. The maximum atomic E-state index is 12.3. The molecular weight excluding hydrogens is 372 g/mol. The van der Waals surface area contributed by atoms with Gasteiger partial charge >= 0.3 is 0 Å². The van der Waals surface area contributed by atoms with E-state index in [9.17, 15) is 4.79 Å². The molecule has 0 spiro atoms. The monoisotopic (exact) mass is 388 g/mol. The summed E-state index contributed by atoms with van der Waals surface area (Å²) in [4.78, 5) is 19.7. The molecule has 0 unspecified atom stereocenters. The maximum Gasteiger partial charge on any atom is 0.271 e. The lowest BCUT2D eigenvalue weighted by atomic mass is 10.0. The van der Waals surface area contributed by atoms with E-state index in [0.717, 1.165) is 27.7 Å². The number of nitrogens with two attached hydrogens (primary N) is 1. The van der Waals surface area contributed by atoms with Crippen LogP contribution >= 0.6 is 11.6 Å². The highest BCUT2D eigenvalue weighted by atomic mass is 35.5. The number of carbonyl (C=O) groups excluding carboxylic acids is 1. The largest absolute Gasteiger partial charge is 0.394 e. The van der Waals surface area contributed by atoms with Crippen LogP contribution in [0.4, 0.5) is 5.69 Å². The van der Waals surface area contributed by atoms with Gasteiger partial charge in [-0.15, -0.1) is 0 Å². The summed E-state index contributed by atoms with van der Waals surface area (Å²) in [6.07, 6.45) is 5.25. The molecule has 0 atom stereocenters. The van der Waals surface area contributed by atoms with Crippen molar-refractivity contribution in [1.29, 1.82) is 0 Å². The van der Waals surface area contributed by atoms with Crippen LogP contribution < -0.4 is 11.1 Å². The molecule has 5 nitrogen and oxygen atoms in total. The van der Waals surface area contributed by atoms with Crippen molar-refractivity contribution < 1.29 is 4.79 Å². The number of amides is 1. The SMILES string of the molecule is NC(=Cc1ccc(Cl)cc1)C(=O)Nc1ccc(-c2ccnc3[nH]ccc23)cc1. The van der Waals surface area contributed by atoms with Crippen molar-refractivity contribution in [3.05, 3.63) is 89.3 Å². The molecule has 0 saturated carbocycles. The van der Waals surface area contributed by atoms with E-state index < -0.39 is 0 Å². The van der Waals surface area contributed by atoms with Crippen molar-refractivity contribution in [2.45, 2.75) is 0 Å². The highest BCUT2D eigenvalue weighted by Crippen LogP contribution is 2.27. The van der Waals surface area contributed by atoms with E-state index in [-0.39, 0.29) is 11.6 Å². The van der Waals surface area contributed by atoms with E-state index in [0.29, 0.717) is 10.7 Å². The first-order chi connectivity index (χ1) is 13.6. The van der Waals surface area contributed by atoms with Gasteiger partial charge in [-0.2, -0.15) is 0 Å². The summed E-state index contributed by atoms with van der Waals surface area (Å²) < 4.78 is 0. The van der Waals surface area contributed by atoms with E-state index in [2.05, 4.69) is 15.3 Å². The number of aromatic amines is 1. The quantitative estimate of drug-likeness (QED) is 0.438. The number of anilines is 1. The molecule has 138 valence electrons. The number of aromatic nitrogens is 2. The lowest BCUT2D eigenvalue weighted by Gasteiger charge is -2.08. The van der Waals surface area contributed by atoms with Gasteiger partial charge in [0.15, 0.2) is 0 Å². The molecule has 0 fully saturated rings. The summed E-state index contributed by atoms with van der Waals surface area (Å²) >= 11 is 5.86. The fourth-order valence-corrected chi connectivity index (χ4v) is 3.08. The molecule has 4 rings (SSSR count). The molecule has 0 aliphatic carbocycles. The van der Waals surface area contributed by atoms with Gasteiger partial charge in [0.2, 0.25) is 0 Å². The Morgan fingerprint density at radius 2 is 1.79 bits per heavy atom.